The van der Waals surface area contributed by atoms with Crippen molar-refractivity contribution >= 4 is 17.5 Å². The monoisotopic (exact) mass is 357 g/mol. The van der Waals surface area contributed by atoms with Crippen molar-refractivity contribution in [2.45, 2.75) is 6.42 Å². The van der Waals surface area contributed by atoms with E-state index < -0.39 is 0 Å². The normalized spacial score (nSPS) is 10.4. The van der Waals surface area contributed by atoms with Gasteiger partial charge in [0.1, 0.15) is 5.75 Å². The zero-order valence-electron chi connectivity index (χ0n) is 13.3. The number of carbonyl (C=O) groups excluding carboxylic acids is 1. The number of nitrogens with one attached hydrogen (secondary N) is 1. The van der Waals surface area contributed by atoms with Crippen LogP contribution in [-0.4, -0.2) is 29.3 Å². The van der Waals surface area contributed by atoms with E-state index in [0.29, 0.717) is 29.6 Å². The summed E-state index contributed by atoms with van der Waals surface area (Å²) >= 11 is 5.93. The molecule has 2 aromatic carbocycles. The molecule has 25 heavy (non-hydrogen) atoms. The number of ether oxygens (including phenoxy) is 1. The minimum atomic E-state index is -0.178. The van der Waals surface area contributed by atoms with Crippen molar-refractivity contribution in [2.75, 3.05) is 13.2 Å². The molecule has 1 amide bonds. The lowest BCUT2D eigenvalue weighted by Gasteiger charge is -2.08. The van der Waals surface area contributed by atoms with Crippen molar-refractivity contribution in [3.8, 4) is 17.2 Å². The zero-order chi connectivity index (χ0) is 17.5. The second kappa shape index (κ2) is 8.30. The average molecular weight is 358 g/mol. The van der Waals surface area contributed by atoms with Crippen LogP contribution in [0.4, 0.5) is 0 Å². The Morgan fingerprint density at radius 3 is 2.76 bits per heavy atom. The standard InChI is InChI=1S/C18H16ClN3O3/c19-15-3-1-2-13(10-15)8-9-20-17(23)11-24-16-6-4-14(5-7-16)18-22-21-12-25-18/h1-7,10,12H,8-9,11H2,(H,20,23). The van der Waals surface area contributed by atoms with Crippen molar-refractivity contribution in [1.29, 1.82) is 0 Å². The zero-order valence-corrected chi connectivity index (χ0v) is 14.1. The summed E-state index contributed by atoms with van der Waals surface area (Å²) in [5, 5.41) is 11.0. The van der Waals surface area contributed by atoms with Crippen molar-refractivity contribution in [1.82, 2.24) is 15.5 Å². The van der Waals surface area contributed by atoms with Crippen LogP contribution in [0.3, 0.4) is 0 Å². The molecule has 0 unspecified atom stereocenters. The van der Waals surface area contributed by atoms with E-state index in [1.165, 1.54) is 6.39 Å². The Hall–Kier alpha value is -2.86. The Morgan fingerprint density at radius 1 is 1.20 bits per heavy atom. The highest BCUT2D eigenvalue weighted by atomic mass is 35.5. The lowest BCUT2D eigenvalue weighted by molar-refractivity contribution is -0.123. The van der Waals surface area contributed by atoms with Gasteiger partial charge in [-0.05, 0) is 48.4 Å². The van der Waals surface area contributed by atoms with Gasteiger partial charge in [-0.1, -0.05) is 23.7 Å². The largest absolute Gasteiger partial charge is 0.484 e. The highest BCUT2D eigenvalue weighted by molar-refractivity contribution is 6.30. The molecule has 0 radical (unpaired) electrons. The number of halogens is 1. The van der Waals surface area contributed by atoms with E-state index in [0.717, 1.165) is 11.1 Å². The molecule has 7 heteroatoms. The van der Waals surface area contributed by atoms with Crippen LogP contribution in [0.2, 0.25) is 5.02 Å². The number of hydrogen-bond acceptors (Lipinski definition) is 5. The van der Waals surface area contributed by atoms with Gasteiger partial charge in [-0.25, -0.2) is 0 Å². The predicted octanol–water partition coefficient (Wildman–Crippen LogP) is 3.13. The molecular formula is C18H16ClN3O3. The summed E-state index contributed by atoms with van der Waals surface area (Å²) in [6, 6.07) is 14.6. The van der Waals surface area contributed by atoms with E-state index in [-0.39, 0.29) is 12.5 Å². The third kappa shape index (κ3) is 5.06. The van der Waals surface area contributed by atoms with Crippen molar-refractivity contribution < 1.29 is 13.9 Å². The van der Waals surface area contributed by atoms with Gasteiger partial charge in [0.2, 0.25) is 12.3 Å². The molecule has 128 valence electrons. The molecule has 1 N–H and O–H groups in total. The maximum atomic E-state index is 11.8. The van der Waals surface area contributed by atoms with E-state index in [1.807, 2.05) is 24.3 Å². The molecule has 3 aromatic rings. The Morgan fingerprint density at radius 2 is 2.04 bits per heavy atom. The first-order valence-corrected chi connectivity index (χ1v) is 8.09. The molecule has 0 spiro atoms. The van der Waals surface area contributed by atoms with Gasteiger partial charge in [0.15, 0.2) is 6.61 Å². The summed E-state index contributed by atoms with van der Waals surface area (Å²) in [6.07, 6.45) is 1.98. The number of aromatic nitrogens is 2. The summed E-state index contributed by atoms with van der Waals surface area (Å²) in [5.41, 5.74) is 1.86. The molecule has 0 bridgehead atoms. The molecule has 0 saturated carbocycles. The Labute approximate surface area is 149 Å². The van der Waals surface area contributed by atoms with Crippen LogP contribution in [0.1, 0.15) is 5.56 Å². The Bertz CT molecular complexity index is 820. The van der Waals surface area contributed by atoms with Gasteiger partial charge in [-0.3, -0.25) is 4.79 Å². The van der Waals surface area contributed by atoms with Gasteiger partial charge in [0.25, 0.3) is 5.91 Å². The number of rotatable bonds is 7. The first kappa shape index (κ1) is 17.0. The van der Waals surface area contributed by atoms with Crippen LogP contribution in [0, 0.1) is 0 Å². The minimum Gasteiger partial charge on any atom is -0.484 e. The number of amides is 1. The molecular weight excluding hydrogens is 342 g/mol. The van der Waals surface area contributed by atoms with Crippen LogP contribution in [0.5, 0.6) is 5.75 Å². The van der Waals surface area contributed by atoms with Crippen LogP contribution in [-0.2, 0) is 11.2 Å². The van der Waals surface area contributed by atoms with Crippen LogP contribution >= 0.6 is 11.6 Å². The fourth-order valence-corrected chi connectivity index (χ4v) is 2.44. The maximum Gasteiger partial charge on any atom is 0.257 e. The predicted molar refractivity (Wildman–Crippen MR) is 93.4 cm³/mol. The van der Waals surface area contributed by atoms with Gasteiger partial charge < -0.3 is 14.5 Å². The Balaban J connectivity index is 1.41. The van der Waals surface area contributed by atoms with Gasteiger partial charge in [-0.15, -0.1) is 10.2 Å². The van der Waals surface area contributed by atoms with E-state index in [4.69, 9.17) is 20.8 Å². The molecule has 6 nitrogen and oxygen atoms in total. The highest BCUT2D eigenvalue weighted by Crippen LogP contribution is 2.20. The molecule has 0 fully saturated rings. The number of nitrogens with zero attached hydrogens (tertiary/aromatic N) is 2. The van der Waals surface area contributed by atoms with Crippen molar-refractivity contribution in [3.63, 3.8) is 0 Å². The lowest BCUT2D eigenvalue weighted by Crippen LogP contribution is -2.30. The summed E-state index contributed by atoms with van der Waals surface area (Å²) in [4.78, 5) is 11.8. The summed E-state index contributed by atoms with van der Waals surface area (Å²) in [5.74, 6) is 0.849. The first-order chi connectivity index (χ1) is 12.2. The molecule has 1 heterocycles. The third-order valence-corrected chi connectivity index (χ3v) is 3.69. The topological polar surface area (TPSA) is 77.2 Å². The van der Waals surface area contributed by atoms with Crippen LogP contribution < -0.4 is 10.1 Å². The molecule has 0 saturated heterocycles. The van der Waals surface area contributed by atoms with E-state index in [2.05, 4.69) is 15.5 Å². The summed E-state index contributed by atoms with van der Waals surface area (Å²) < 4.78 is 10.6. The van der Waals surface area contributed by atoms with Gasteiger partial charge in [-0.2, -0.15) is 0 Å². The Kier molecular flexibility index (Phi) is 5.64. The number of carbonyl (C=O) groups is 1. The second-order valence-corrected chi connectivity index (χ2v) is 5.72. The number of hydrogen-bond donors (Lipinski definition) is 1. The fraction of sp³-hybridized carbons (Fsp3) is 0.167. The van der Waals surface area contributed by atoms with Crippen molar-refractivity contribution in [2.24, 2.45) is 0 Å². The van der Waals surface area contributed by atoms with E-state index >= 15 is 0 Å². The highest BCUT2D eigenvalue weighted by Gasteiger charge is 2.05. The third-order valence-electron chi connectivity index (χ3n) is 3.46. The summed E-state index contributed by atoms with van der Waals surface area (Å²) in [7, 11) is 0. The molecule has 0 aliphatic carbocycles. The lowest BCUT2D eigenvalue weighted by atomic mass is 10.1. The van der Waals surface area contributed by atoms with Gasteiger partial charge in [0, 0.05) is 17.1 Å². The van der Waals surface area contributed by atoms with E-state index in [9.17, 15) is 4.79 Å². The molecule has 0 aliphatic heterocycles. The average Bonchev–Trinajstić information content (AvgIpc) is 3.15. The van der Waals surface area contributed by atoms with Crippen LogP contribution in [0.25, 0.3) is 11.5 Å². The maximum absolute atomic E-state index is 11.8. The SMILES string of the molecule is O=C(COc1ccc(-c2nnco2)cc1)NCCc1cccc(Cl)c1. The molecule has 3 rings (SSSR count). The fourth-order valence-electron chi connectivity index (χ4n) is 2.23. The molecule has 0 aliphatic rings. The smallest absolute Gasteiger partial charge is 0.257 e. The number of benzene rings is 2. The summed E-state index contributed by atoms with van der Waals surface area (Å²) in [6.45, 7) is 0.480. The minimum absolute atomic E-state index is 0.0462. The van der Waals surface area contributed by atoms with Gasteiger partial charge >= 0.3 is 0 Å². The van der Waals surface area contributed by atoms with Crippen LogP contribution in [0.15, 0.2) is 59.3 Å². The quantitative estimate of drug-likeness (QED) is 0.703. The van der Waals surface area contributed by atoms with E-state index in [1.54, 1.807) is 24.3 Å². The molecule has 1 aromatic heterocycles. The molecule has 0 atom stereocenters. The second-order valence-electron chi connectivity index (χ2n) is 5.29. The van der Waals surface area contributed by atoms with Gasteiger partial charge in [0.05, 0.1) is 0 Å². The van der Waals surface area contributed by atoms with Crippen molar-refractivity contribution in [3.05, 3.63) is 65.5 Å². The first-order valence-electron chi connectivity index (χ1n) is 7.71.